The summed E-state index contributed by atoms with van der Waals surface area (Å²) in [5.41, 5.74) is 1.81. The fraction of sp³-hybridized carbons (Fsp3) is 0.500. The first kappa shape index (κ1) is 24.2. The number of pyridine rings is 1. The van der Waals surface area contributed by atoms with Crippen molar-refractivity contribution in [2.24, 2.45) is 0 Å². The van der Waals surface area contributed by atoms with Gasteiger partial charge in [0.1, 0.15) is 18.2 Å². The minimum atomic E-state index is 0.391. The van der Waals surface area contributed by atoms with Crippen LogP contribution in [0.2, 0.25) is 0 Å². The lowest BCUT2D eigenvalue weighted by Crippen LogP contribution is -2.38. The summed E-state index contributed by atoms with van der Waals surface area (Å²) in [5, 5.41) is 0.918. The van der Waals surface area contributed by atoms with Crippen LogP contribution in [-0.4, -0.2) is 72.4 Å². The van der Waals surface area contributed by atoms with Gasteiger partial charge in [0.05, 0.1) is 30.3 Å². The molecule has 4 rings (SSSR count). The molecular formula is C26H35N5O3. The molecule has 3 heterocycles. The van der Waals surface area contributed by atoms with Gasteiger partial charge in [-0.1, -0.05) is 32.0 Å². The number of nitrogens with zero attached hydrogens (tertiary/aromatic N) is 5. The number of anilines is 1. The Bertz CT molecular complexity index is 1070. The third-order valence-corrected chi connectivity index (χ3v) is 5.85. The average molecular weight is 466 g/mol. The molecule has 1 saturated heterocycles. The lowest BCUT2D eigenvalue weighted by molar-refractivity contribution is 0.0317. The monoisotopic (exact) mass is 465 g/mol. The maximum absolute atomic E-state index is 6.10. The van der Waals surface area contributed by atoms with Crippen LogP contribution in [0.3, 0.4) is 0 Å². The molecule has 0 saturated carbocycles. The Labute approximate surface area is 201 Å². The first-order chi connectivity index (χ1) is 16.7. The third kappa shape index (κ3) is 6.12. The second-order valence-electron chi connectivity index (χ2n) is 8.53. The van der Waals surface area contributed by atoms with Crippen molar-refractivity contribution in [3.63, 3.8) is 0 Å². The molecule has 0 radical (unpaired) electrons. The Morgan fingerprint density at radius 2 is 1.82 bits per heavy atom. The van der Waals surface area contributed by atoms with Crippen LogP contribution in [0.1, 0.15) is 32.3 Å². The van der Waals surface area contributed by atoms with Crippen molar-refractivity contribution in [3.8, 4) is 17.6 Å². The van der Waals surface area contributed by atoms with Crippen LogP contribution in [-0.2, 0) is 4.74 Å². The first-order valence-electron chi connectivity index (χ1n) is 12.3. The van der Waals surface area contributed by atoms with Crippen molar-refractivity contribution in [1.29, 1.82) is 0 Å². The van der Waals surface area contributed by atoms with Crippen molar-refractivity contribution < 1.29 is 14.2 Å². The lowest BCUT2D eigenvalue weighted by Gasteiger charge is -2.26. The van der Waals surface area contributed by atoms with Crippen molar-refractivity contribution in [2.75, 3.05) is 57.4 Å². The fourth-order valence-corrected chi connectivity index (χ4v) is 4.08. The van der Waals surface area contributed by atoms with E-state index in [1.165, 1.54) is 0 Å². The Hall–Kier alpha value is -2.97. The second-order valence-corrected chi connectivity index (χ2v) is 8.53. The lowest BCUT2D eigenvalue weighted by atomic mass is 10.2. The first-order valence-corrected chi connectivity index (χ1v) is 12.3. The summed E-state index contributed by atoms with van der Waals surface area (Å²) >= 11 is 0. The average Bonchev–Trinajstić information content (AvgIpc) is 2.86. The number of ether oxygens (including phenoxy) is 3. The third-order valence-electron chi connectivity index (χ3n) is 5.85. The molecule has 8 nitrogen and oxygen atoms in total. The van der Waals surface area contributed by atoms with Gasteiger partial charge in [0, 0.05) is 38.8 Å². The summed E-state index contributed by atoms with van der Waals surface area (Å²) in [7, 11) is 0. The Kier molecular flexibility index (Phi) is 8.49. The number of aryl methyl sites for hydroxylation is 1. The van der Waals surface area contributed by atoms with Gasteiger partial charge < -0.3 is 19.1 Å². The number of rotatable bonds is 11. The van der Waals surface area contributed by atoms with Crippen LogP contribution in [0.5, 0.6) is 17.6 Å². The van der Waals surface area contributed by atoms with Gasteiger partial charge in [0.25, 0.3) is 0 Å². The van der Waals surface area contributed by atoms with Gasteiger partial charge in [-0.3, -0.25) is 4.90 Å². The normalized spacial score (nSPS) is 14.3. The highest BCUT2D eigenvalue weighted by molar-refractivity contribution is 5.90. The predicted octanol–water partition coefficient (Wildman–Crippen LogP) is 4.46. The number of hydrogen-bond donors (Lipinski definition) is 0. The Morgan fingerprint density at radius 1 is 1.06 bits per heavy atom. The number of aromatic nitrogens is 3. The maximum atomic E-state index is 6.10. The molecule has 0 amide bonds. The Morgan fingerprint density at radius 3 is 2.56 bits per heavy atom. The van der Waals surface area contributed by atoms with E-state index >= 15 is 0 Å². The number of fused-ring (bicyclic) bond motifs is 1. The van der Waals surface area contributed by atoms with E-state index in [4.69, 9.17) is 19.2 Å². The molecule has 0 atom stereocenters. The van der Waals surface area contributed by atoms with E-state index in [1.54, 1.807) is 6.20 Å². The van der Waals surface area contributed by atoms with Crippen LogP contribution in [0.25, 0.3) is 10.9 Å². The molecule has 1 aromatic carbocycles. The molecule has 1 fully saturated rings. The zero-order valence-electron chi connectivity index (χ0n) is 20.5. The highest BCUT2D eigenvalue weighted by Gasteiger charge is 2.17. The summed E-state index contributed by atoms with van der Waals surface area (Å²) in [4.78, 5) is 18.7. The van der Waals surface area contributed by atoms with Crippen LogP contribution in [0, 0.1) is 6.92 Å². The highest BCUT2D eigenvalue weighted by atomic mass is 16.5. The van der Waals surface area contributed by atoms with E-state index in [0.29, 0.717) is 18.5 Å². The van der Waals surface area contributed by atoms with Gasteiger partial charge in [-0.15, -0.1) is 0 Å². The zero-order chi connectivity index (χ0) is 23.8. The zero-order valence-corrected chi connectivity index (χ0v) is 20.5. The van der Waals surface area contributed by atoms with Crippen LogP contribution >= 0.6 is 0 Å². The smallest absolute Gasteiger partial charge is 0.319 e. The fourth-order valence-electron chi connectivity index (χ4n) is 4.08. The quantitative estimate of drug-likeness (QED) is 0.411. The number of para-hydroxylation sites is 1. The molecule has 182 valence electrons. The van der Waals surface area contributed by atoms with Crippen LogP contribution in [0.4, 0.5) is 5.82 Å². The van der Waals surface area contributed by atoms with Crippen molar-refractivity contribution >= 4 is 16.7 Å². The predicted molar refractivity (Wildman–Crippen MR) is 134 cm³/mol. The summed E-state index contributed by atoms with van der Waals surface area (Å²) in [6.45, 7) is 13.0. The molecule has 1 aliphatic heterocycles. The maximum Gasteiger partial charge on any atom is 0.319 e. The highest BCUT2D eigenvalue weighted by Crippen LogP contribution is 2.31. The van der Waals surface area contributed by atoms with E-state index in [9.17, 15) is 0 Å². The van der Waals surface area contributed by atoms with E-state index in [0.717, 1.165) is 86.8 Å². The Balaban J connectivity index is 1.61. The van der Waals surface area contributed by atoms with E-state index < -0.39 is 0 Å². The topological polar surface area (TPSA) is 72.8 Å². The molecule has 1 aliphatic rings. The molecule has 0 unspecified atom stereocenters. The van der Waals surface area contributed by atoms with Crippen molar-refractivity contribution in [2.45, 2.75) is 33.6 Å². The van der Waals surface area contributed by atoms with E-state index in [-0.39, 0.29) is 0 Å². The molecular weight excluding hydrogens is 430 g/mol. The molecule has 2 aromatic heterocycles. The summed E-state index contributed by atoms with van der Waals surface area (Å²) in [6, 6.07) is 10.3. The number of hydrogen-bond acceptors (Lipinski definition) is 8. The number of morpholine rings is 1. The summed E-state index contributed by atoms with van der Waals surface area (Å²) in [5.74, 6) is 2.19. The van der Waals surface area contributed by atoms with E-state index in [1.807, 2.05) is 37.3 Å². The number of benzene rings is 1. The molecule has 0 N–H and O–H groups in total. The van der Waals surface area contributed by atoms with Gasteiger partial charge >= 0.3 is 6.01 Å². The summed E-state index contributed by atoms with van der Waals surface area (Å²) in [6.07, 6.45) is 3.80. The van der Waals surface area contributed by atoms with Crippen molar-refractivity contribution in [1.82, 2.24) is 19.9 Å². The second kappa shape index (κ2) is 11.9. The molecule has 0 bridgehead atoms. The van der Waals surface area contributed by atoms with Crippen LogP contribution < -0.4 is 14.4 Å². The molecule has 3 aromatic rings. The molecule has 8 heteroatoms. The van der Waals surface area contributed by atoms with Gasteiger partial charge in [0.15, 0.2) is 0 Å². The summed E-state index contributed by atoms with van der Waals surface area (Å²) < 4.78 is 17.5. The molecule has 34 heavy (non-hydrogen) atoms. The molecule has 0 spiro atoms. The van der Waals surface area contributed by atoms with Gasteiger partial charge in [-0.05, 0) is 31.4 Å². The minimum absolute atomic E-state index is 0.391. The largest absolute Gasteiger partial charge is 0.462 e. The standard InChI is InChI=1S/C26H35N5O3/c1-4-10-31(11-5-2)25-21-18-24(34-23-9-7-6-8-20(23)3)27-19-22(21)28-26(29-25)33-17-14-30-12-15-32-16-13-30/h6-9,18-19H,4-5,10-17H2,1-3H3. The van der Waals surface area contributed by atoms with E-state index in [2.05, 4.69) is 33.6 Å². The van der Waals surface area contributed by atoms with Gasteiger partial charge in [-0.2, -0.15) is 9.97 Å². The van der Waals surface area contributed by atoms with Crippen molar-refractivity contribution in [3.05, 3.63) is 42.1 Å². The molecule has 0 aliphatic carbocycles. The minimum Gasteiger partial charge on any atom is -0.462 e. The van der Waals surface area contributed by atoms with Crippen LogP contribution in [0.15, 0.2) is 36.5 Å². The van der Waals surface area contributed by atoms with Gasteiger partial charge in [-0.25, -0.2) is 4.98 Å². The SMILES string of the molecule is CCCN(CCC)c1nc(OCCN2CCOCC2)nc2cnc(Oc3ccccc3C)cc12. The van der Waals surface area contributed by atoms with Gasteiger partial charge in [0.2, 0.25) is 5.88 Å².